The van der Waals surface area contributed by atoms with E-state index < -0.39 is 11.9 Å². The molecule has 0 amide bonds. The molecule has 0 spiro atoms. The van der Waals surface area contributed by atoms with Crippen LogP contribution in [0.1, 0.15) is 55.6 Å². The number of benzene rings is 1. The quantitative estimate of drug-likeness (QED) is 0.646. The molecule has 0 saturated carbocycles. The molecule has 2 aromatic rings. The number of carbonyl (C=O) groups excluding carboxylic acids is 2. The van der Waals surface area contributed by atoms with Gasteiger partial charge >= 0.3 is 5.97 Å². The van der Waals surface area contributed by atoms with E-state index in [9.17, 15) is 9.59 Å². The topological polar surface area (TPSA) is 87.0 Å². The third-order valence-corrected chi connectivity index (χ3v) is 6.24. The highest BCUT2D eigenvalue weighted by atomic mass is 16.5. The summed E-state index contributed by atoms with van der Waals surface area (Å²) in [5.74, 6) is 1.49. The van der Waals surface area contributed by atoms with Crippen LogP contribution >= 0.6 is 0 Å². The summed E-state index contributed by atoms with van der Waals surface area (Å²) in [4.78, 5) is 26.2. The number of ether oxygens (including phenoxy) is 3. The predicted molar refractivity (Wildman–Crippen MR) is 122 cm³/mol. The predicted octanol–water partition coefficient (Wildman–Crippen LogP) is 4.53. The first-order chi connectivity index (χ1) is 15.9. The van der Waals surface area contributed by atoms with Gasteiger partial charge in [0.05, 0.1) is 32.3 Å². The number of hydrogen-bond donors (Lipinski definition) is 1. The normalized spacial score (nSPS) is 20.3. The van der Waals surface area contributed by atoms with Gasteiger partial charge in [-0.05, 0) is 62.9 Å². The highest BCUT2D eigenvalue weighted by Gasteiger charge is 2.42. The van der Waals surface area contributed by atoms with E-state index in [1.807, 2.05) is 51.1 Å². The summed E-state index contributed by atoms with van der Waals surface area (Å²) in [5.41, 5.74) is 3.46. The molecule has 7 nitrogen and oxygen atoms in total. The van der Waals surface area contributed by atoms with Gasteiger partial charge in [-0.3, -0.25) is 4.79 Å². The van der Waals surface area contributed by atoms with Crippen LogP contribution in [-0.4, -0.2) is 32.6 Å². The summed E-state index contributed by atoms with van der Waals surface area (Å²) in [7, 11) is 2.95. The summed E-state index contributed by atoms with van der Waals surface area (Å²) >= 11 is 0. The Morgan fingerprint density at radius 3 is 2.55 bits per heavy atom. The number of dihydropyridines is 1. The van der Waals surface area contributed by atoms with E-state index in [0.717, 1.165) is 17.0 Å². The molecule has 0 bridgehead atoms. The number of hydrogen-bond acceptors (Lipinski definition) is 7. The molecular formula is C26H29NO6. The molecule has 2 aliphatic rings. The van der Waals surface area contributed by atoms with Crippen LogP contribution in [0.3, 0.4) is 0 Å². The number of methoxy groups -OCH3 is 2. The van der Waals surface area contributed by atoms with Gasteiger partial charge in [0, 0.05) is 23.4 Å². The first-order valence-electron chi connectivity index (χ1n) is 11.1. The van der Waals surface area contributed by atoms with E-state index in [2.05, 4.69) is 5.32 Å². The van der Waals surface area contributed by atoms with Crippen LogP contribution in [0.15, 0.2) is 57.3 Å². The van der Waals surface area contributed by atoms with Crippen molar-refractivity contribution in [1.29, 1.82) is 0 Å². The smallest absolute Gasteiger partial charge is 0.336 e. The Kier molecular flexibility index (Phi) is 6.31. The SMILES string of the molecule is CCOc1ccc([C@H]2CC(=O)C3=C(C2)NC(C)=C(C(=O)OC)[C@@H]3c2ccc(C)o2)cc1OC. The van der Waals surface area contributed by atoms with Crippen LogP contribution in [0.4, 0.5) is 0 Å². The Hall–Kier alpha value is -3.48. The molecule has 1 aliphatic heterocycles. The summed E-state index contributed by atoms with van der Waals surface area (Å²) in [5, 5.41) is 3.32. The van der Waals surface area contributed by atoms with Crippen molar-refractivity contribution in [3.63, 3.8) is 0 Å². The number of carbonyl (C=O) groups is 2. The lowest BCUT2D eigenvalue weighted by Crippen LogP contribution is -2.35. The minimum atomic E-state index is -0.592. The second-order valence-corrected chi connectivity index (χ2v) is 8.30. The van der Waals surface area contributed by atoms with Crippen molar-refractivity contribution in [3.05, 3.63) is 70.0 Å². The second-order valence-electron chi connectivity index (χ2n) is 8.30. The highest BCUT2D eigenvalue weighted by Crippen LogP contribution is 2.46. The van der Waals surface area contributed by atoms with Crippen molar-refractivity contribution < 1.29 is 28.2 Å². The van der Waals surface area contributed by atoms with Crippen LogP contribution < -0.4 is 14.8 Å². The lowest BCUT2D eigenvalue weighted by molar-refractivity contribution is -0.136. The van der Waals surface area contributed by atoms with E-state index in [0.29, 0.717) is 53.6 Å². The van der Waals surface area contributed by atoms with Crippen LogP contribution in [0.25, 0.3) is 0 Å². The standard InChI is InChI=1S/C26H29NO6/c1-6-32-20-10-8-16(13-22(20)30-4)17-11-18-24(19(28)12-17)25(21-9-7-14(2)33-21)23(15(3)27-18)26(29)31-5/h7-10,13,17,25,27H,6,11-12H2,1-5H3/t17-,25+/m1/s1. The number of aryl methyl sites for hydroxylation is 1. The maximum absolute atomic E-state index is 13.5. The highest BCUT2D eigenvalue weighted by molar-refractivity contribution is 6.04. The lowest BCUT2D eigenvalue weighted by Gasteiger charge is -2.35. The Labute approximate surface area is 193 Å². The molecule has 0 saturated heterocycles. The number of nitrogens with one attached hydrogen (secondary N) is 1. The maximum Gasteiger partial charge on any atom is 0.336 e. The number of ketones is 1. The van der Waals surface area contributed by atoms with E-state index in [1.54, 1.807) is 7.11 Å². The van der Waals surface area contributed by atoms with Crippen molar-refractivity contribution in [2.75, 3.05) is 20.8 Å². The minimum Gasteiger partial charge on any atom is -0.493 e. The lowest BCUT2D eigenvalue weighted by atomic mass is 9.73. The third-order valence-electron chi connectivity index (χ3n) is 6.24. The summed E-state index contributed by atoms with van der Waals surface area (Å²) in [6.07, 6.45) is 0.946. The van der Waals surface area contributed by atoms with Gasteiger partial charge in [-0.1, -0.05) is 6.07 Å². The van der Waals surface area contributed by atoms with E-state index in [4.69, 9.17) is 18.6 Å². The van der Waals surface area contributed by atoms with Crippen molar-refractivity contribution in [2.45, 2.75) is 45.4 Å². The van der Waals surface area contributed by atoms with Gasteiger partial charge in [-0.15, -0.1) is 0 Å². The number of rotatable bonds is 6. The molecule has 0 unspecified atom stereocenters. The van der Waals surface area contributed by atoms with Gasteiger partial charge in [0.1, 0.15) is 11.5 Å². The number of furan rings is 1. The molecule has 2 heterocycles. The first-order valence-corrected chi connectivity index (χ1v) is 11.1. The summed E-state index contributed by atoms with van der Waals surface area (Å²) in [6.45, 7) is 6.13. The van der Waals surface area contributed by atoms with Gasteiger partial charge < -0.3 is 23.9 Å². The molecule has 1 N–H and O–H groups in total. The van der Waals surface area contributed by atoms with Crippen LogP contribution in [0, 0.1) is 6.92 Å². The zero-order valence-corrected chi connectivity index (χ0v) is 19.6. The molecule has 1 aliphatic carbocycles. The summed E-state index contributed by atoms with van der Waals surface area (Å²) < 4.78 is 22.1. The maximum atomic E-state index is 13.5. The van der Waals surface area contributed by atoms with Gasteiger partial charge in [-0.2, -0.15) is 0 Å². The van der Waals surface area contributed by atoms with E-state index in [-0.39, 0.29) is 11.7 Å². The van der Waals surface area contributed by atoms with Gasteiger partial charge in [0.15, 0.2) is 17.3 Å². The fourth-order valence-corrected chi connectivity index (χ4v) is 4.76. The number of esters is 1. The fourth-order valence-electron chi connectivity index (χ4n) is 4.76. The fraction of sp³-hybridized carbons (Fsp3) is 0.385. The van der Waals surface area contributed by atoms with Crippen molar-refractivity contribution >= 4 is 11.8 Å². The van der Waals surface area contributed by atoms with Crippen molar-refractivity contribution in [3.8, 4) is 11.5 Å². The second kappa shape index (κ2) is 9.17. The molecule has 33 heavy (non-hydrogen) atoms. The monoisotopic (exact) mass is 451 g/mol. The Morgan fingerprint density at radius 1 is 1.12 bits per heavy atom. The molecule has 2 atom stereocenters. The van der Waals surface area contributed by atoms with E-state index in [1.165, 1.54) is 7.11 Å². The molecule has 7 heteroatoms. The van der Waals surface area contributed by atoms with Crippen molar-refractivity contribution in [1.82, 2.24) is 5.32 Å². The molecule has 1 aromatic carbocycles. The number of Topliss-reactive ketones (excluding diaryl/α,β-unsaturated/α-hetero) is 1. The molecule has 0 radical (unpaired) electrons. The molecule has 1 aromatic heterocycles. The Balaban J connectivity index is 1.74. The van der Waals surface area contributed by atoms with E-state index >= 15 is 0 Å². The van der Waals surface area contributed by atoms with Gasteiger partial charge in [-0.25, -0.2) is 4.79 Å². The molecule has 4 rings (SSSR count). The average molecular weight is 452 g/mol. The number of allylic oxidation sites excluding steroid dienone is 3. The molecular weight excluding hydrogens is 422 g/mol. The minimum absolute atomic E-state index is 0.0189. The van der Waals surface area contributed by atoms with Gasteiger partial charge in [0.25, 0.3) is 0 Å². The van der Waals surface area contributed by atoms with Gasteiger partial charge in [0.2, 0.25) is 0 Å². The van der Waals surface area contributed by atoms with Crippen LogP contribution in [0.5, 0.6) is 11.5 Å². The van der Waals surface area contributed by atoms with Crippen LogP contribution in [-0.2, 0) is 14.3 Å². The first kappa shape index (κ1) is 22.7. The largest absolute Gasteiger partial charge is 0.493 e. The summed E-state index contributed by atoms with van der Waals surface area (Å²) in [6, 6.07) is 9.46. The Bertz CT molecular complexity index is 1160. The third kappa shape index (κ3) is 4.15. The molecule has 174 valence electrons. The molecule has 0 fully saturated rings. The van der Waals surface area contributed by atoms with Crippen molar-refractivity contribution in [2.24, 2.45) is 0 Å². The zero-order chi connectivity index (χ0) is 23.7. The van der Waals surface area contributed by atoms with Crippen LogP contribution in [0.2, 0.25) is 0 Å². The Morgan fingerprint density at radius 2 is 1.91 bits per heavy atom. The zero-order valence-electron chi connectivity index (χ0n) is 19.6. The average Bonchev–Trinajstić information content (AvgIpc) is 3.23.